The van der Waals surface area contributed by atoms with Crippen molar-refractivity contribution in [2.24, 2.45) is 0 Å². The van der Waals surface area contributed by atoms with Gasteiger partial charge in [0.1, 0.15) is 5.78 Å². The van der Waals surface area contributed by atoms with Gasteiger partial charge in [0.25, 0.3) is 0 Å². The fraction of sp³-hybridized carbons (Fsp3) is 0.818. The molecule has 0 atom stereocenters. The van der Waals surface area contributed by atoms with Crippen molar-refractivity contribution >= 4 is 11.8 Å². The van der Waals surface area contributed by atoms with Crippen molar-refractivity contribution in [3.63, 3.8) is 0 Å². The van der Waals surface area contributed by atoms with Crippen LogP contribution in [0, 0.1) is 0 Å². The van der Waals surface area contributed by atoms with Gasteiger partial charge in [-0.25, -0.2) is 0 Å². The highest BCUT2D eigenvalue weighted by Crippen LogP contribution is 2.04. The van der Waals surface area contributed by atoms with E-state index in [4.69, 9.17) is 0 Å². The molecule has 3 heteroatoms. The fourth-order valence-electron chi connectivity index (χ4n) is 1.18. The van der Waals surface area contributed by atoms with Crippen molar-refractivity contribution < 1.29 is 14.3 Å². The van der Waals surface area contributed by atoms with E-state index in [9.17, 15) is 9.59 Å². The van der Waals surface area contributed by atoms with E-state index in [1.165, 1.54) is 19.8 Å². The van der Waals surface area contributed by atoms with Crippen LogP contribution in [-0.4, -0.2) is 18.4 Å². The molecule has 3 nitrogen and oxygen atoms in total. The van der Waals surface area contributed by atoms with Gasteiger partial charge < -0.3 is 4.74 Å². The minimum absolute atomic E-state index is 0.197. The van der Waals surface area contributed by atoms with Gasteiger partial charge >= 0.3 is 5.97 Å². The van der Waals surface area contributed by atoms with E-state index in [0.29, 0.717) is 12.8 Å². The zero-order valence-corrected chi connectivity index (χ0v) is 9.17. The summed E-state index contributed by atoms with van der Waals surface area (Å²) in [7, 11) is 0. The maximum absolute atomic E-state index is 11.2. The molecule has 0 rings (SSSR count). The van der Waals surface area contributed by atoms with Crippen LogP contribution in [0.25, 0.3) is 0 Å². The Labute approximate surface area is 85.8 Å². The molecule has 0 aliphatic heterocycles. The number of carbonyl (C=O) groups excluding carboxylic acids is 2. The van der Waals surface area contributed by atoms with Gasteiger partial charge in [0.15, 0.2) is 0 Å². The molecule has 0 bridgehead atoms. The maximum Gasteiger partial charge on any atom is 0.302 e. The van der Waals surface area contributed by atoms with Crippen LogP contribution in [0.3, 0.4) is 0 Å². The molecule has 0 N–H and O–H groups in total. The average molecular weight is 200 g/mol. The molecule has 0 spiro atoms. The lowest BCUT2D eigenvalue weighted by atomic mass is 10.1. The molecule has 0 saturated carbocycles. The van der Waals surface area contributed by atoms with Crippen molar-refractivity contribution in [2.45, 2.75) is 52.4 Å². The van der Waals surface area contributed by atoms with Gasteiger partial charge in [0.2, 0.25) is 0 Å². The molecular weight excluding hydrogens is 180 g/mol. The standard InChI is InChI=1S/C11H20O3/c1-3-4-5-6-7-11(13)8-9-14-10(2)12/h3-9H2,1-2H3. The van der Waals surface area contributed by atoms with Crippen molar-refractivity contribution in [2.75, 3.05) is 6.61 Å². The number of ether oxygens (including phenoxy) is 1. The first-order chi connectivity index (χ1) is 6.66. The lowest BCUT2D eigenvalue weighted by Crippen LogP contribution is -2.06. The highest BCUT2D eigenvalue weighted by molar-refractivity contribution is 5.78. The normalized spacial score (nSPS) is 9.86. The highest BCUT2D eigenvalue weighted by Gasteiger charge is 2.02. The van der Waals surface area contributed by atoms with Gasteiger partial charge in [-0.05, 0) is 6.42 Å². The number of carbonyl (C=O) groups is 2. The van der Waals surface area contributed by atoms with E-state index < -0.39 is 0 Å². The number of hydrogen-bond acceptors (Lipinski definition) is 3. The van der Waals surface area contributed by atoms with Gasteiger partial charge in [-0.1, -0.05) is 26.2 Å². The third kappa shape index (κ3) is 9.23. The first-order valence-electron chi connectivity index (χ1n) is 5.32. The molecule has 0 saturated heterocycles. The second-order valence-electron chi connectivity index (χ2n) is 3.44. The summed E-state index contributed by atoms with van der Waals surface area (Å²) in [5.41, 5.74) is 0. The number of hydrogen-bond donors (Lipinski definition) is 0. The molecule has 0 aliphatic rings. The molecule has 0 aromatic rings. The topological polar surface area (TPSA) is 43.4 Å². The van der Waals surface area contributed by atoms with Crippen LogP contribution < -0.4 is 0 Å². The molecule has 0 fully saturated rings. The van der Waals surface area contributed by atoms with E-state index >= 15 is 0 Å². The second kappa shape index (κ2) is 8.73. The van der Waals surface area contributed by atoms with Gasteiger partial charge in [-0.3, -0.25) is 9.59 Å². The molecular formula is C11H20O3. The summed E-state index contributed by atoms with van der Waals surface area (Å²) < 4.78 is 4.68. The van der Waals surface area contributed by atoms with Crippen LogP contribution in [0.4, 0.5) is 0 Å². The predicted octanol–water partition coefficient (Wildman–Crippen LogP) is 2.48. The first kappa shape index (κ1) is 13.1. The summed E-state index contributed by atoms with van der Waals surface area (Å²) in [4.78, 5) is 21.6. The van der Waals surface area contributed by atoms with Gasteiger partial charge in [0, 0.05) is 19.8 Å². The van der Waals surface area contributed by atoms with E-state index in [1.54, 1.807) is 0 Å². The SMILES string of the molecule is CCCCCCC(=O)CCOC(C)=O. The number of Topliss-reactive ketones (excluding diaryl/α,β-unsaturated/α-hetero) is 1. The molecule has 14 heavy (non-hydrogen) atoms. The first-order valence-corrected chi connectivity index (χ1v) is 5.32. The average Bonchev–Trinajstić information content (AvgIpc) is 2.12. The summed E-state index contributed by atoms with van der Waals surface area (Å²) in [6, 6.07) is 0. The minimum Gasteiger partial charge on any atom is -0.465 e. The summed E-state index contributed by atoms with van der Waals surface area (Å²) in [5, 5.41) is 0. The molecule has 0 amide bonds. The van der Waals surface area contributed by atoms with Gasteiger partial charge in [-0.15, -0.1) is 0 Å². The highest BCUT2D eigenvalue weighted by atomic mass is 16.5. The zero-order valence-electron chi connectivity index (χ0n) is 9.17. The zero-order chi connectivity index (χ0) is 10.8. The predicted molar refractivity (Wildman–Crippen MR) is 55.0 cm³/mol. The number of ketones is 1. The number of rotatable bonds is 8. The third-order valence-corrected chi connectivity index (χ3v) is 2.00. The Hall–Kier alpha value is -0.860. The van der Waals surface area contributed by atoms with E-state index in [-0.39, 0.29) is 18.4 Å². The van der Waals surface area contributed by atoms with Gasteiger partial charge in [0.05, 0.1) is 6.61 Å². The Kier molecular flexibility index (Phi) is 8.19. The van der Waals surface area contributed by atoms with Crippen LogP contribution in [-0.2, 0) is 14.3 Å². The largest absolute Gasteiger partial charge is 0.465 e. The monoisotopic (exact) mass is 200 g/mol. The quantitative estimate of drug-likeness (QED) is 0.446. The van der Waals surface area contributed by atoms with Crippen LogP contribution in [0.1, 0.15) is 52.4 Å². The molecule has 0 aromatic carbocycles. The molecule has 0 unspecified atom stereocenters. The van der Waals surface area contributed by atoms with Crippen molar-refractivity contribution in [1.82, 2.24) is 0 Å². The van der Waals surface area contributed by atoms with Crippen LogP contribution >= 0.6 is 0 Å². The summed E-state index contributed by atoms with van der Waals surface area (Å²) in [6.45, 7) is 3.73. The van der Waals surface area contributed by atoms with E-state index in [2.05, 4.69) is 11.7 Å². The second-order valence-corrected chi connectivity index (χ2v) is 3.44. The van der Waals surface area contributed by atoms with E-state index in [1.807, 2.05) is 0 Å². The van der Waals surface area contributed by atoms with Gasteiger partial charge in [-0.2, -0.15) is 0 Å². The summed E-state index contributed by atoms with van der Waals surface area (Å²) in [6.07, 6.45) is 5.45. The number of unbranched alkanes of at least 4 members (excludes halogenated alkanes) is 3. The molecule has 0 aromatic heterocycles. The molecule has 82 valence electrons. The van der Waals surface area contributed by atoms with Crippen LogP contribution in [0.15, 0.2) is 0 Å². The lowest BCUT2D eigenvalue weighted by molar-refractivity contribution is -0.141. The Balaban J connectivity index is 3.24. The maximum atomic E-state index is 11.2. The minimum atomic E-state index is -0.316. The molecule has 0 aliphatic carbocycles. The summed E-state index contributed by atoms with van der Waals surface area (Å²) >= 11 is 0. The Morgan fingerprint density at radius 3 is 2.36 bits per heavy atom. The number of esters is 1. The third-order valence-electron chi connectivity index (χ3n) is 2.00. The molecule has 0 heterocycles. The fourth-order valence-corrected chi connectivity index (χ4v) is 1.18. The Bertz CT molecular complexity index is 175. The van der Waals surface area contributed by atoms with Crippen molar-refractivity contribution in [3.05, 3.63) is 0 Å². The Morgan fingerprint density at radius 1 is 1.07 bits per heavy atom. The smallest absolute Gasteiger partial charge is 0.302 e. The van der Waals surface area contributed by atoms with Crippen molar-refractivity contribution in [3.8, 4) is 0 Å². The lowest BCUT2D eigenvalue weighted by Gasteiger charge is -2.01. The Morgan fingerprint density at radius 2 is 1.79 bits per heavy atom. The van der Waals surface area contributed by atoms with Crippen LogP contribution in [0.2, 0.25) is 0 Å². The summed E-state index contributed by atoms with van der Waals surface area (Å²) in [5.74, 6) is -0.119. The van der Waals surface area contributed by atoms with Crippen LogP contribution in [0.5, 0.6) is 0 Å². The van der Waals surface area contributed by atoms with Crippen molar-refractivity contribution in [1.29, 1.82) is 0 Å². The van der Waals surface area contributed by atoms with E-state index in [0.717, 1.165) is 12.8 Å². The molecule has 0 radical (unpaired) electrons.